The van der Waals surface area contributed by atoms with Gasteiger partial charge in [-0.25, -0.2) is 0 Å². The zero-order valence-corrected chi connectivity index (χ0v) is 8.57. The van der Waals surface area contributed by atoms with E-state index in [1.165, 1.54) is 37.4 Å². The smallest absolute Gasteiger partial charge is 0.0209 e. The predicted molar refractivity (Wildman–Crippen MR) is 54.8 cm³/mol. The first-order valence-corrected chi connectivity index (χ1v) is 6.02. The molecule has 0 unspecified atom stereocenters. The predicted octanol–water partition coefficient (Wildman–Crippen LogP) is 0.786. The molecule has 0 aromatic carbocycles. The zero-order valence-electron chi connectivity index (χ0n) is 7.75. The van der Waals surface area contributed by atoms with Crippen molar-refractivity contribution >= 4 is 11.8 Å². The number of nitrogens with one attached hydrogen (secondary N) is 1. The molecule has 0 radical (unpaired) electrons. The van der Waals surface area contributed by atoms with Crippen LogP contribution in [0.5, 0.6) is 0 Å². The number of rotatable bonds is 2. The lowest BCUT2D eigenvalue weighted by Gasteiger charge is -2.17. The Kier molecular flexibility index (Phi) is 2.94. The van der Waals surface area contributed by atoms with Gasteiger partial charge in [0.15, 0.2) is 0 Å². The second-order valence-corrected chi connectivity index (χ2v) is 5.12. The average molecular weight is 186 g/mol. The maximum atomic E-state index is 3.75. The van der Waals surface area contributed by atoms with Crippen molar-refractivity contribution in [2.75, 3.05) is 31.6 Å². The van der Waals surface area contributed by atoms with Crippen molar-refractivity contribution < 1.29 is 0 Å². The minimum absolute atomic E-state index is 0.777. The lowest BCUT2D eigenvalue weighted by atomic mass is 10.2. The van der Waals surface area contributed by atoms with Crippen LogP contribution < -0.4 is 5.32 Å². The Morgan fingerprint density at radius 2 is 2.25 bits per heavy atom. The Hall–Kier alpha value is 0.270. The molecule has 0 saturated carbocycles. The van der Waals surface area contributed by atoms with Crippen LogP contribution in [0.2, 0.25) is 0 Å². The van der Waals surface area contributed by atoms with E-state index in [9.17, 15) is 0 Å². The fourth-order valence-corrected chi connectivity index (χ4v) is 3.24. The summed E-state index contributed by atoms with van der Waals surface area (Å²) in [6.45, 7) is 2.53. The highest BCUT2D eigenvalue weighted by Gasteiger charge is 2.23. The van der Waals surface area contributed by atoms with Gasteiger partial charge in [0.2, 0.25) is 0 Å². The summed E-state index contributed by atoms with van der Waals surface area (Å²) in [6, 6.07) is 1.59. The second kappa shape index (κ2) is 3.99. The van der Waals surface area contributed by atoms with Crippen molar-refractivity contribution in [3.8, 4) is 0 Å². The highest BCUT2D eigenvalue weighted by Crippen LogP contribution is 2.19. The molecule has 2 nitrogen and oxygen atoms in total. The summed E-state index contributed by atoms with van der Waals surface area (Å²) in [7, 11) is 2.21. The third-order valence-electron chi connectivity index (χ3n) is 2.79. The standard InChI is InChI=1S/C9H18N2S/c1-11-4-2-8(6-11)10-9-3-5-12-7-9/h8-10H,2-7H2,1H3/t8-,9-/m0/s1. The van der Waals surface area contributed by atoms with Crippen LogP contribution in [0.4, 0.5) is 0 Å². The molecular formula is C9H18N2S. The Morgan fingerprint density at radius 3 is 2.83 bits per heavy atom. The second-order valence-electron chi connectivity index (χ2n) is 3.98. The van der Waals surface area contributed by atoms with Crippen LogP contribution in [0.25, 0.3) is 0 Å². The maximum absolute atomic E-state index is 3.75. The number of nitrogens with zero attached hydrogens (tertiary/aromatic N) is 1. The Bertz CT molecular complexity index is 145. The van der Waals surface area contributed by atoms with Crippen molar-refractivity contribution in [1.29, 1.82) is 0 Å². The molecule has 0 aliphatic carbocycles. The lowest BCUT2D eigenvalue weighted by Crippen LogP contribution is -2.39. The van der Waals surface area contributed by atoms with Crippen LogP contribution >= 0.6 is 11.8 Å². The first-order valence-electron chi connectivity index (χ1n) is 4.87. The summed E-state index contributed by atoms with van der Waals surface area (Å²) in [4.78, 5) is 2.42. The summed E-state index contributed by atoms with van der Waals surface area (Å²) in [5.41, 5.74) is 0. The molecule has 2 atom stereocenters. The molecule has 2 aliphatic heterocycles. The van der Waals surface area contributed by atoms with E-state index in [1.807, 2.05) is 0 Å². The third-order valence-corrected chi connectivity index (χ3v) is 3.95. The van der Waals surface area contributed by atoms with Gasteiger partial charge in [-0.05, 0) is 32.2 Å². The number of likely N-dealkylation sites (tertiary alicyclic amines) is 1. The highest BCUT2D eigenvalue weighted by atomic mass is 32.2. The summed E-state index contributed by atoms with van der Waals surface area (Å²) >= 11 is 2.09. The molecule has 3 heteroatoms. The Balaban J connectivity index is 1.72. The molecule has 70 valence electrons. The average Bonchev–Trinajstić information content (AvgIpc) is 2.63. The molecule has 2 heterocycles. The summed E-state index contributed by atoms with van der Waals surface area (Å²) in [5.74, 6) is 2.69. The van der Waals surface area contributed by atoms with E-state index >= 15 is 0 Å². The topological polar surface area (TPSA) is 15.3 Å². The van der Waals surface area contributed by atoms with Gasteiger partial charge in [0.05, 0.1) is 0 Å². The number of hydrogen-bond acceptors (Lipinski definition) is 3. The largest absolute Gasteiger partial charge is 0.309 e. The van der Waals surface area contributed by atoms with Crippen molar-refractivity contribution in [2.24, 2.45) is 0 Å². The van der Waals surface area contributed by atoms with Crippen LogP contribution in [-0.4, -0.2) is 48.6 Å². The third kappa shape index (κ3) is 2.15. The van der Waals surface area contributed by atoms with E-state index in [0.717, 1.165) is 12.1 Å². The van der Waals surface area contributed by atoms with Gasteiger partial charge in [-0.2, -0.15) is 11.8 Å². The molecular weight excluding hydrogens is 168 g/mol. The van der Waals surface area contributed by atoms with Gasteiger partial charge in [-0.1, -0.05) is 0 Å². The minimum Gasteiger partial charge on any atom is -0.309 e. The molecule has 0 aromatic heterocycles. The van der Waals surface area contributed by atoms with Crippen LogP contribution in [0.15, 0.2) is 0 Å². The summed E-state index contributed by atoms with van der Waals surface area (Å²) in [5, 5.41) is 3.75. The van der Waals surface area contributed by atoms with E-state index < -0.39 is 0 Å². The van der Waals surface area contributed by atoms with Crippen molar-refractivity contribution in [3.63, 3.8) is 0 Å². The Labute approximate surface area is 79.1 Å². The molecule has 2 saturated heterocycles. The maximum Gasteiger partial charge on any atom is 0.0209 e. The van der Waals surface area contributed by atoms with E-state index in [1.54, 1.807) is 0 Å². The van der Waals surface area contributed by atoms with Gasteiger partial charge >= 0.3 is 0 Å². The molecule has 0 aromatic rings. The highest BCUT2D eigenvalue weighted by molar-refractivity contribution is 7.99. The number of likely N-dealkylation sites (N-methyl/N-ethyl adjacent to an activating group) is 1. The van der Waals surface area contributed by atoms with Crippen LogP contribution in [-0.2, 0) is 0 Å². The molecule has 2 rings (SSSR count). The van der Waals surface area contributed by atoms with Gasteiger partial charge in [0.25, 0.3) is 0 Å². The van der Waals surface area contributed by atoms with Crippen LogP contribution in [0.3, 0.4) is 0 Å². The SMILES string of the molecule is CN1CC[C@H](N[C@H]2CCSC2)C1. The van der Waals surface area contributed by atoms with Crippen molar-refractivity contribution in [3.05, 3.63) is 0 Å². The minimum atomic E-state index is 0.777. The quantitative estimate of drug-likeness (QED) is 0.686. The van der Waals surface area contributed by atoms with Crippen molar-refractivity contribution in [1.82, 2.24) is 10.2 Å². The van der Waals surface area contributed by atoms with E-state index in [2.05, 4.69) is 29.0 Å². The van der Waals surface area contributed by atoms with Gasteiger partial charge in [0, 0.05) is 24.4 Å². The zero-order chi connectivity index (χ0) is 8.39. The fourth-order valence-electron chi connectivity index (χ4n) is 2.07. The monoisotopic (exact) mass is 186 g/mol. The van der Waals surface area contributed by atoms with Gasteiger partial charge in [-0.15, -0.1) is 0 Å². The molecule has 1 N–H and O–H groups in total. The molecule has 12 heavy (non-hydrogen) atoms. The van der Waals surface area contributed by atoms with E-state index in [-0.39, 0.29) is 0 Å². The van der Waals surface area contributed by atoms with E-state index in [0.29, 0.717) is 0 Å². The molecule has 0 bridgehead atoms. The van der Waals surface area contributed by atoms with Gasteiger partial charge in [0.1, 0.15) is 0 Å². The molecule has 0 amide bonds. The van der Waals surface area contributed by atoms with Gasteiger partial charge in [-0.3, -0.25) is 0 Å². The normalized spacial score (nSPS) is 37.8. The fraction of sp³-hybridized carbons (Fsp3) is 1.00. The molecule has 2 aliphatic rings. The van der Waals surface area contributed by atoms with Crippen LogP contribution in [0, 0.1) is 0 Å². The summed E-state index contributed by atoms with van der Waals surface area (Å²) < 4.78 is 0. The lowest BCUT2D eigenvalue weighted by molar-refractivity contribution is 0.386. The number of hydrogen-bond donors (Lipinski definition) is 1. The molecule has 0 spiro atoms. The number of thioether (sulfide) groups is 1. The van der Waals surface area contributed by atoms with Crippen LogP contribution in [0.1, 0.15) is 12.8 Å². The molecule has 2 fully saturated rings. The van der Waals surface area contributed by atoms with Gasteiger partial charge < -0.3 is 10.2 Å². The first kappa shape index (κ1) is 8.85. The van der Waals surface area contributed by atoms with Crippen molar-refractivity contribution in [2.45, 2.75) is 24.9 Å². The van der Waals surface area contributed by atoms with E-state index in [4.69, 9.17) is 0 Å². The Morgan fingerprint density at radius 1 is 1.33 bits per heavy atom. The first-order chi connectivity index (χ1) is 5.84. The summed E-state index contributed by atoms with van der Waals surface area (Å²) in [6.07, 6.45) is 2.72.